The zero-order chi connectivity index (χ0) is 33.7. The Kier molecular flexibility index (Phi) is 12.1. The van der Waals surface area contributed by atoms with E-state index in [-0.39, 0.29) is 35.8 Å². The number of rotatable bonds is 13. The van der Waals surface area contributed by atoms with E-state index in [0.29, 0.717) is 25.7 Å². The van der Waals surface area contributed by atoms with Crippen LogP contribution in [0.15, 0.2) is 0 Å². The summed E-state index contributed by atoms with van der Waals surface area (Å²) in [6.45, 7) is 11.3. The Morgan fingerprint density at radius 1 is 0.956 bits per heavy atom. The number of Topliss-reactive ketones (excluding diaryl/α,β-unsaturated/α-hetero) is 1. The molecule has 0 aromatic rings. The second-order valence-electron chi connectivity index (χ2n) is 14.9. The van der Waals surface area contributed by atoms with E-state index in [1.54, 1.807) is 6.92 Å². The first-order valence-corrected chi connectivity index (χ1v) is 18.5. The van der Waals surface area contributed by atoms with Gasteiger partial charge >= 0.3 is 6.03 Å². The Morgan fingerprint density at radius 2 is 1.58 bits per heavy atom. The molecule has 3 fully saturated rings. The van der Waals surface area contributed by atoms with Gasteiger partial charge in [-0.1, -0.05) is 80.1 Å². The van der Waals surface area contributed by atoms with Crippen molar-refractivity contribution < 1.29 is 32.4 Å². The van der Waals surface area contributed by atoms with Crippen molar-refractivity contribution in [2.75, 3.05) is 18.1 Å². The SMILES string of the molecule is CCS(=O)(=O)CC1(NC(=O)N[C@H](C(=O)N2CCC(C(C)C)[C@H]2C(=O)NC(CC2CCC2)C(=O)C(N)=O)C(C)(C)C)CCCCC1. The molecular formula is C32H55N5O7S. The van der Waals surface area contributed by atoms with E-state index < -0.39 is 68.5 Å². The van der Waals surface area contributed by atoms with Gasteiger partial charge in [0.1, 0.15) is 12.1 Å². The number of nitrogens with zero attached hydrogens (tertiary/aromatic N) is 1. The first kappa shape index (κ1) is 36.8. The van der Waals surface area contributed by atoms with E-state index in [1.807, 2.05) is 34.6 Å². The van der Waals surface area contributed by atoms with Gasteiger partial charge in [-0.25, -0.2) is 13.2 Å². The average molecular weight is 654 g/mol. The summed E-state index contributed by atoms with van der Waals surface area (Å²) in [7, 11) is -3.38. The minimum absolute atomic E-state index is 0.0247. The van der Waals surface area contributed by atoms with E-state index in [4.69, 9.17) is 5.73 Å². The van der Waals surface area contributed by atoms with Gasteiger partial charge in [0.25, 0.3) is 5.91 Å². The molecule has 5 N–H and O–H groups in total. The molecule has 3 aliphatic rings. The number of carbonyl (C=O) groups excluding carboxylic acids is 5. The smallest absolute Gasteiger partial charge is 0.315 e. The van der Waals surface area contributed by atoms with Crippen LogP contribution in [-0.2, 0) is 29.0 Å². The van der Waals surface area contributed by atoms with Crippen molar-refractivity contribution in [1.29, 1.82) is 0 Å². The van der Waals surface area contributed by atoms with E-state index >= 15 is 0 Å². The van der Waals surface area contributed by atoms with Crippen LogP contribution in [0.25, 0.3) is 0 Å². The maximum atomic E-state index is 14.3. The Morgan fingerprint density at radius 3 is 2.07 bits per heavy atom. The van der Waals surface area contributed by atoms with Crippen LogP contribution in [0.3, 0.4) is 0 Å². The molecule has 3 rings (SSSR count). The zero-order valence-corrected chi connectivity index (χ0v) is 28.8. The molecule has 4 atom stereocenters. The number of primary amides is 1. The summed E-state index contributed by atoms with van der Waals surface area (Å²) in [6, 6.07) is -3.61. The number of amides is 5. The number of urea groups is 1. The number of likely N-dealkylation sites (tertiary alicyclic amines) is 1. The average Bonchev–Trinajstić information content (AvgIpc) is 3.37. The molecule has 13 heteroatoms. The van der Waals surface area contributed by atoms with Crippen LogP contribution >= 0.6 is 0 Å². The largest absolute Gasteiger partial charge is 0.363 e. The molecule has 0 aromatic heterocycles. The summed E-state index contributed by atoms with van der Waals surface area (Å²) < 4.78 is 25.2. The van der Waals surface area contributed by atoms with Crippen molar-refractivity contribution >= 4 is 39.4 Å². The van der Waals surface area contributed by atoms with Crippen molar-refractivity contribution in [2.45, 2.75) is 129 Å². The second kappa shape index (κ2) is 14.8. The van der Waals surface area contributed by atoms with Crippen LogP contribution in [0, 0.1) is 23.2 Å². The van der Waals surface area contributed by atoms with Crippen LogP contribution in [0.5, 0.6) is 0 Å². The van der Waals surface area contributed by atoms with E-state index in [2.05, 4.69) is 16.0 Å². The van der Waals surface area contributed by atoms with Crippen LogP contribution < -0.4 is 21.7 Å². The van der Waals surface area contributed by atoms with Gasteiger partial charge in [0.2, 0.25) is 17.6 Å². The minimum atomic E-state index is -3.38. The minimum Gasteiger partial charge on any atom is -0.363 e. The lowest BCUT2D eigenvalue weighted by Gasteiger charge is -2.40. The van der Waals surface area contributed by atoms with Gasteiger partial charge in [0.15, 0.2) is 9.84 Å². The number of hydrogen-bond donors (Lipinski definition) is 4. The van der Waals surface area contributed by atoms with Crippen molar-refractivity contribution in [1.82, 2.24) is 20.9 Å². The van der Waals surface area contributed by atoms with Gasteiger partial charge in [-0.05, 0) is 48.9 Å². The fourth-order valence-electron chi connectivity index (χ4n) is 7.10. The molecule has 2 unspecified atom stereocenters. The van der Waals surface area contributed by atoms with Gasteiger partial charge < -0.3 is 26.6 Å². The van der Waals surface area contributed by atoms with Gasteiger partial charge in [-0.2, -0.15) is 0 Å². The summed E-state index contributed by atoms with van der Waals surface area (Å²) in [4.78, 5) is 67.7. The molecule has 0 spiro atoms. The number of nitrogens with one attached hydrogen (secondary N) is 3. The summed E-state index contributed by atoms with van der Waals surface area (Å²) in [5, 5.41) is 8.57. The van der Waals surface area contributed by atoms with E-state index in [9.17, 15) is 32.4 Å². The number of carbonyl (C=O) groups is 5. The molecule has 2 saturated carbocycles. The van der Waals surface area contributed by atoms with Crippen LogP contribution in [0.1, 0.15) is 106 Å². The fourth-order valence-corrected chi connectivity index (χ4v) is 8.51. The molecule has 2 aliphatic carbocycles. The summed E-state index contributed by atoms with van der Waals surface area (Å²) in [5.41, 5.74) is 3.65. The molecule has 1 saturated heterocycles. The Balaban J connectivity index is 1.84. The highest BCUT2D eigenvalue weighted by molar-refractivity contribution is 7.91. The van der Waals surface area contributed by atoms with Crippen LogP contribution in [0.2, 0.25) is 0 Å². The lowest BCUT2D eigenvalue weighted by molar-refractivity contribution is -0.144. The molecule has 1 heterocycles. The van der Waals surface area contributed by atoms with Gasteiger partial charge in [-0.3, -0.25) is 19.2 Å². The molecule has 12 nitrogen and oxygen atoms in total. The van der Waals surface area contributed by atoms with Crippen LogP contribution in [0.4, 0.5) is 4.79 Å². The van der Waals surface area contributed by atoms with Gasteiger partial charge in [0.05, 0.1) is 17.3 Å². The first-order valence-electron chi connectivity index (χ1n) is 16.6. The number of hydrogen-bond acceptors (Lipinski definition) is 7. The van der Waals surface area contributed by atoms with E-state index in [0.717, 1.165) is 38.5 Å². The van der Waals surface area contributed by atoms with Gasteiger partial charge in [0, 0.05) is 12.3 Å². The molecule has 1 aliphatic heterocycles. The maximum absolute atomic E-state index is 14.3. The Labute approximate surface area is 268 Å². The van der Waals surface area contributed by atoms with Crippen molar-refractivity contribution in [3.05, 3.63) is 0 Å². The number of nitrogens with two attached hydrogens (primary N) is 1. The Bertz CT molecular complexity index is 1220. The predicted octanol–water partition coefficient (Wildman–Crippen LogP) is 2.44. The third-order valence-corrected chi connectivity index (χ3v) is 11.9. The third-order valence-electron chi connectivity index (χ3n) is 10.0. The molecule has 5 amide bonds. The molecule has 0 radical (unpaired) electrons. The fraction of sp³-hybridized carbons (Fsp3) is 0.844. The molecule has 45 heavy (non-hydrogen) atoms. The first-order chi connectivity index (χ1) is 20.9. The highest BCUT2D eigenvalue weighted by Gasteiger charge is 2.48. The topological polar surface area (TPSA) is 185 Å². The lowest BCUT2D eigenvalue weighted by Crippen LogP contribution is -2.63. The molecule has 0 bridgehead atoms. The van der Waals surface area contributed by atoms with Crippen molar-refractivity contribution in [3.8, 4) is 0 Å². The number of ketones is 1. The molecule has 256 valence electrons. The molecule has 0 aromatic carbocycles. The van der Waals surface area contributed by atoms with Gasteiger partial charge in [-0.15, -0.1) is 0 Å². The summed E-state index contributed by atoms with van der Waals surface area (Å²) in [5.74, 6) is -3.04. The maximum Gasteiger partial charge on any atom is 0.315 e. The third kappa shape index (κ3) is 9.42. The Hall–Kier alpha value is -2.70. The van der Waals surface area contributed by atoms with Crippen molar-refractivity contribution in [2.24, 2.45) is 28.9 Å². The van der Waals surface area contributed by atoms with E-state index in [1.165, 1.54) is 4.90 Å². The zero-order valence-electron chi connectivity index (χ0n) is 27.9. The standard InChI is InChI=1S/C32H55N5O7S/c1-7-45(43,44)19-32(15-9-8-10-16-32)36-30(42)35-26(31(4,5)6)29(41)37-17-14-22(20(2)3)24(37)28(40)34-23(25(38)27(33)39)18-21-12-11-13-21/h20-24,26H,7-19H2,1-6H3,(H2,33,39)(H,34,40)(H2,35,36,42)/t22?,23?,24-,26+/m0/s1. The second-order valence-corrected chi connectivity index (χ2v) is 17.3. The highest BCUT2D eigenvalue weighted by atomic mass is 32.2. The normalized spacial score (nSPS) is 23.5. The monoisotopic (exact) mass is 653 g/mol. The number of sulfone groups is 1. The van der Waals surface area contributed by atoms with Crippen LogP contribution in [-0.4, -0.2) is 84.6 Å². The quantitative estimate of drug-likeness (QED) is 0.220. The predicted molar refractivity (Wildman–Crippen MR) is 172 cm³/mol. The highest BCUT2D eigenvalue weighted by Crippen LogP contribution is 2.35. The molecular weight excluding hydrogens is 598 g/mol. The lowest BCUT2D eigenvalue weighted by atomic mass is 9.80. The summed E-state index contributed by atoms with van der Waals surface area (Å²) >= 11 is 0. The van der Waals surface area contributed by atoms with Crippen molar-refractivity contribution in [3.63, 3.8) is 0 Å². The summed E-state index contributed by atoms with van der Waals surface area (Å²) in [6.07, 6.45) is 7.34.